The predicted molar refractivity (Wildman–Crippen MR) is 119 cm³/mol. The summed E-state index contributed by atoms with van der Waals surface area (Å²) in [6.45, 7) is 5.16. The number of hydrogen-bond donors (Lipinski definition) is 1. The molecule has 0 bridgehead atoms. The van der Waals surface area contributed by atoms with E-state index in [1.807, 2.05) is 0 Å². The van der Waals surface area contributed by atoms with E-state index in [2.05, 4.69) is 6.58 Å². The largest absolute Gasteiger partial charge is 0.507 e. The normalized spacial score (nSPS) is 12.5. The van der Waals surface area contributed by atoms with Crippen LogP contribution in [0.1, 0.15) is 23.6 Å². The molecule has 0 amide bonds. The minimum absolute atomic E-state index is 0.00108. The topological polar surface area (TPSA) is 110 Å². The van der Waals surface area contributed by atoms with Crippen LogP contribution in [0.3, 0.4) is 0 Å². The number of phenolic OH excluding ortho intramolecular Hbond substituents is 1. The number of benzene rings is 1. The molecule has 0 spiro atoms. The summed E-state index contributed by atoms with van der Waals surface area (Å²) >= 11 is 0. The van der Waals surface area contributed by atoms with E-state index in [0.717, 1.165) is 0 Å². The average Bonchev–Trinajstić information content (AvgIpc) is 2.72. The Labute approximate surface area is 179 Å². The van der Waals surface area contributed by atoms with Crippen molar-refractivity contribution < 1.29 is 19.5 Å². The Morgan fingerprint density at radius 2 is 1.84 bits per heavy atom. The fourth-order valence-electron chi connectivity index (χ4n) is 2.79. The molecule has 0 atom stereocenters. The summed E-state index contributed by atoms with van der Waals surface area (Å²) in [4.78, 5) is 21.5. The molecule has 0 aliphatic carbocycles. The highest BCUT2D eigenvalue weighted by atomic mass is 16.6. The zero-order valence-corrected chi connectivity index (χ0v) is 17.1. The van der Waals surface area contributed by atoms with Gasteiger partial charge >= 0.3 is 5.69 Å². The molecule has 1 N–H and O–H groups in total. The molecule has 0 aliphatic heterocycles. The van der Waals surface area contributed by atoms with E-state index in [0.29, 0.717) is 22.3 Å². The molecule has 0 saturated heterocycles. The van der Waals surface area contributed by atoms with Gasteiger partial charge in [0.05, 0.1) is 21.0 Å². The smallest absolute Gasteiger partial charge is 0.339 e. The standard InChI is InChI=1S/C23H21N3O5/c1-4-6-18(21(5-2)25(28)29)9-7-17-8-12-23(27)20(15-17)11-10-19-13-14-24(3)16-22(19)26(30)31/h4-16H,1H2,2-3H3/p+1/b9-7+,18-6-,21-5+. The second-order valence-electron chi connectivity index (χ2n) is 6.48. The lowest BCUT2D eigenvalue weighted by atomic mass is 10.1. The Morgan fingerprint density at radius 3 is 2.45 bits per heavy atom. The maximum absolute atomic E-state index is 11.3. The van der Waals surface area contributed by atoms with Crippen LogP contribution >= 0.6 is 0 Å². The molecule has 0 aliphatic rings. The summed E-state index contributed by atoms with van der Waals surface area (Å²) < 4.78 is 1.58. The third-order valence-electron chi connectivity index (χ3n) is 4.32. The Balaban J connectivity index is 2.38. The van der Waals surface area contributed by atoms with Crippen molar-refractivity contribution in [3.05, 3.63) is 116 Å². The maximum atomic E-state index is 11.3. The van der Waals surface area contributed by atoms with Crippen LogP contribution in [0.4, 0.5) is 5.69 Å². The fraction of sp³-hybridized carbons (Fsp3) is 0.0870. The molecule has 1 heterocycles. The first-order chi connectivity index (χ1) is 14.8. The zero-order chi connectivity index (χ0) is 23.0. The first kappa shape index (κ1) is 23.0. The Hall–Kier alpha value is -4.33. The van der Waals surface area contributed by atoms with Gasteiger partial charge in [-0.2, -0.15) is 0 Å². The van der Waals surface area contributed by atoms with E-state index >= 15 is 0 Å². The molecule has 2 rings (SSSR count). The van der Waals surface area contributed by atoms with E-state index in [1.165, 1.54) is 30.5 Å². The lowest BCUT2D eigenvalue weighted by Gasteiger charge is -2.03. The highest BCUT2D eigenvalue weighted by molar-refractivity contribution is 5.76. The van der Waals surface area contributed by atoms with Crippen LogP contribution in [-0.2, 0) is 7.05 Å². The molecule has 158 valence electrons. The van der Waals surface area contributed by atoms with Gasteiger partial charge in [0.25, 0.3) is 5.70 Å². The lowest BCUT2D eigenvalue weighted by molar-refractivity contribution is -0.674. The molecule has 0 saturated carbocycles. The Kier molecular flexibility index (Phi) is 7.74. The van der Waals surface area contributed by atoms with E-state index < -0.39 is 9.85 Å². The van der Waals surface area contributed by atoms with Crippen LogP contribution < -0.4 is 4.57 Å². The molecular formula is C23H22N3O5+. The molecule has 0 unspecified atom stereocenters. The van der Waals surface area contributed by atoms with Crippen LogP contribution in [-0.4, -0.2) is 15.0 Å². The van der Waals surface area contributed by atoms with Gasteiger partial charge in [-0.05, 0) is 48.9 Å². The fourth-order valence-corrected chi connectivity index (χ4v) is 2.79. The van der Waals surface area contributed by atoms with Gasteiger partial charge < -0.3 is 5.11 Å². The van der Waals surface area contributed by atoms with E-state index in [-0.39, 0.29) is 17.1 Å². The molecule has 31 heavy (non-hydrogen) atoms. The van der Waals surface area contributed by atoms with Crippen molar-refractivity contribution in [3.8, 4) is 5.75 Å². The van der Waals surface area contributed by atoms with Gasteiger partial charge in [-0.1, -0.05) is 30.9 Å². The van der Waals surface area contributed by atoms with E-state index in [9.17, 15) is 25.3 Å². The molecule has 0 radical (unpaired) electrons. The second kappa shape index (κ2) is 10.4. The molecule has 8 heteroatoms. The van der Waals surface area contributed by atoms with Crippen molar-refractivity contribution in [2.75, 3.05) is 0 Å². The summed E-state index contributed by atoms with van der Waals surface area (Å²) in [5.41, 5.74) is 1.78. The molecule has 2 aromatic rings. The summed E-state index contributed by atoms with van der Waals surface area (Å²) in [6, 6.07) is 6.42. The second-order valence-corrected chi connectivity index (χ2v) is 6.48. The minimum atomic E-state index is -0.475. The number of rotatable bonds is 8. The van der Waals surface area contributed by atoms with Gasteiger partial charge in [-0.3, -0.25) is 20.2 Å². The number of pyridine rings is 1. The summed E-state index contributed by atoms with van der Waals surface area (Å²) in [5.74, 6) is -0.00108. The number of aromatic hydroxyl groups is 1. The molecule has 0 fully saturated rings. The number of phenols is 1. The quantitative estimate of drug-likeness (QED) is 0.290. The number of allylic oxidation sites excluding steroid dienone is 4. The van der Waals surface area contributed by atoms with E-state index in [1.54, 1.807) is 67.2 Å². The van der Waals surface area contributed by atoms with Crippen molar-refractivity contribution in [2.45, 2.75) is 6.92 Å². The van der Waals surface area contributed by atoms with Gasteiger partial charge in [0, 0.05) is 11.6 Å². The number of aryl methyl sites for hydroxylation is 1. The monoisotopic (exact) mass is 420 g/mol. The number of nitrogens with zero attached hydrogens (tertiary/aromatic N) is 3. The zero-order valence-electron chi connectivity index (χ0n) is 17.1. The first-order valence-corrected chi connectivity index (χ1v) is 9.23. The van der Waals surface area contributed by atoms with Gasteiger partial charge in [0.1, 0.15) is 12.8 Å². The predicted octanol–water partition coefficient (Wildman–Crippen LogP) is 4.60. The average molecular weight is 420 g/mol. The summed E-state index contributed by atoms with van der Waals surface area (Å²) in [6.07, 6.45) is 13.9. The Morgan fingerprint density at radius 1 is 1.13 bits per heavy atom. The molecule has 1 aromatic carbocycles. The summed E-state index contributed by atoms with van der Waals surface area (Å²) in [7, 11) is 1.69. The van der Waals surface area contributed by atoms with Crippen LogP contribution in [0.25, 0.3) is 18.2 Å². The minimum Gasteiger partial charge on any atom is -0.507 e. The summed E-state index contributed by atoms with van der Waals surface area (Å²) in [5, 5.41) is 32.6. The third-order valence-corrected chi connectivity index (χ3v) is 4.32. The third kappa shape index (κ3) is 6.07. The van der Waals surface area contributed by atoms with Crippen molar-refractivity contribution >= 4 is 23.9 Å². The lowest BCUT2D eigenvalue weighted by Crippen LogP contribution is -2.27. The van der Waals surface area contributed by atoms with Crippen molar-refractivity contribution in [3.63, 3.8) is 0 Å². The van der Waals surface area contributed by atoms with Crippen LogP contribution in [0.2, 0.25) is 0 Å². The van der Waals surface area contributed by atoms with Gasteiger partial charge in [0.2, 0.25) is 6.20 Å². The first-order valence-electron chi connectivity index (χ1n) is 9.23. The highest BCUT2D eigenvalue weighted by Gasteiger charge is 2.16. The number of hydrogen-bond acceptors (Lipinski definition) is 5. The molecule has 1 aromatic heterocycles. The highest BCUT2D eigenvalue weighted by Crippen LogP contribution is 2.25. The van der Waals surface area contributed by atoms with Gasteiger partial charge in [-0.25, -0.2) is 4.57 Å². The maximum Gasteiger partial charge on any atom is 0.339 e. The van der Waals surface area contributed by atoms with Crippen molar-refractivity contribution in [1.29, 1.82) is 0 Å². The van der Waals surface area contributed by atoms with E-state index in [4.69, 9.17) is 0 Å². The van der Waals surface area contributed by atoms with Crippen LogP contribution in [0, 0.1) is 20.2 Å². The molecule has 8 nitrogen and oxygen atoms in total. The van der Waals surface area contributed by atoms with Gasteiger partial charge in [-0.15, -0.1) is 0 Å². The number of nitro groups is 2. The van der Waals surface area contributed by atoms with Crippen LogP contribution in [0.15, 0.2) is 78.8 Å². The van der Waals surface area contributed by atoms with Crippen molar-refractivity contribution in [2.24, 2.45) is 7.05 Å². The SMILES string of the molecule is C=C/C=C(/C=C/c1ccc(O)c(/C=C/c2cc[n+](C)cc2[N+](=O)[O-])c1)C(=C/C)\[N+](=O)[O-]. The number of aromatic nitrogens is 1. The van der Waals surface area contributed by atoms with Crippen molar-refractivity contribution in [1.82, 2.24) is 0 Å². The Bertz CT molecular complexity index is 1140. The van der Waals surface area contributed by atoms with Crippen LogP contribution in [0.5, 0.6) is 5.75 Å². The van der Waals surface area contributed by atoms with Gasteiger partial charge in [0.15, 0.2) is 6.20 Å². The molecular weight excluding hydrogens is 398 g/mol.